The van der Waals surface area contributed by atoms with Crippen LogP contribution in [0.4, 0.5) is 8.78 Å². The highest BCUT2D eigenvalue weighted by atomic mass is 19.1. The van der Waals surface area contributed by atoms with Crippen molar-refractivity contribution in [2.24, 2.45) is 0 Å². The molecule has 0 heterocycles. The van der Waals surface area contributed by atoms with Gasteiger partial charge in [-0.3, -0.25) is 4.79 Å². The highest BCUT2D eigenvalue weighted by Crippen LogP contribution is 2.26. The van der Waals surface area contributed by atoms with Crippen LogP contribution in [-0.4, -0.2) is 35.1 Å². The van der Waals surface area contributed by atoms with Crippen LogP contribution >= 0.6 is 0 Å². The van der Waals surface area contributed by atoms with E-state index in [0.717, 1.165) is 31.4 Å². The Morgan fingerprint density at radius 2 is 2.10 bits per heavy atom. The Kier molecular flexibility index (Phi) is 5.06. The number of hydrogen-bond donors (Lipinski definition) is 1. The Morgan fingerprint density at radius 3 is 2.65 bits per heavy atom. The molecule has 1 aliphatic rings. The number of nitrogens with zero attached hydrogens (tertiary/aromatic N) is 1. The number of amides is 1. The molecule has 0 bridgehead atoms. The smallest absolute Gasteiger partial charge is 0.227 e. The maximum atomic E-state index is 13.6. The largest absolute Gasteiger partial charge is 0.396 e. The summed E-state index contributed by atoms with van der Waals surface area (Å²) in [7, 11) is 0. The summed E-state index contributed by atoms with van der Waals surface area (Å²) in [6.45, 7) is 0.518. The molecule has 1 aromatic rings. The topological polar surface area (TPSA) is 40.5 Å². The van der Waals surface area contributed by atoms with Crippen molar-refractivity contribution in [1.82, 2.24) is 4.90 Å². The lowest BCUT2D eigenvalue weighted by Gasteiger charge is -2.37. The van der Waals surface area contributed by atoms with Gasteiger partial charge in [-0.1, -0.05) is 6.07 Å². The SMILES string of the molecule is O=C(Cc1ccc(F)cc1F)N(CCCO)C1CCC1. The third-order valence-corrected chi connectivity index (χ3v) is 3.75. The van der Waals surface area contributed by atoms with Gasteiger partial charge in [-0.05, 0) is 37.3 Å². The van der Waals surface area contributed by atoms with E-state index >= 15 is 0 Å². The molecule has 0 radical (unpaired) electrons. The molecule has 0 aliphatic heterocycles. The molecule has 1 saturated carbocycles. The summed E-state index contributed by atoms with van der Waals surface area (Å²) in [6.07, 6.45) is 3.48. The van der Waals surface area contributed by atoms with Gasteiger partial charge in [0.1, 0.15) is 11.6 Å². The summed E-state index contributed by atoms with van der Waals surface area (Å²) in [5, 5.41) is 8.89. The molecule has 1 N–H and O–H groups in total. The fraction of sp³-hybridized carbons (Fsp3) is 0.533. The van der Waals surface area contributed by atoms with Crippen LogP contribution in [0.1, 0.15) is 31.2 Å². The zero-order valence-electron chi connectivity index (χ0n) is 11.3. The van der Waals surface area contributed by atoms with E-state index in [4.69, 9.17) is 5.11 Å². The molecule has 3 nitrogen and oxygen atoms in total. The molecule has 20 heavy (non-hydrogen) atoms. The lowest BCUT2D eigenvalue weighted by atomic mass is 9.91. The van der Waals surface area contributed by atoms with E-state index in [9.17, 15) is 13.6 Å². The van der Waals surface area contributed by atoms with Gasteiger partial charge in [-0.2, -0.15) is 0 Å². The zero-order valence-corrected chi connectivity index (χ0v) is 11.3. The molecule has 0 atom stereocenters. The number of carbonyl (C=O) groups excluding carboxylic acids is 1. The number of aliphatic hydroxyl groups excluding tert-OH is 1. The maximum absolute atomic E-state index is 13.6. The van der Waals surface area contributed by atoms with Crippen LogP contribution < -0.4 is 0 Å². The van der Waals surface area contributed by atoms with Crippen LogP contribution in [0.3, 0.4) is 0 Å². The normalized spacial score (nSPS) is 14.9. The average molecular weight is 283 g/mol. The minimum absolute atomic E-state index is 0.0292. The first kappa shape index (κ1) is 14.9. The molecule has 0 spiro atoms. The number of halogens is 2. The standard InChI is InChI=1S/C15H19F2NO2/c16-12-6-5-11(14(17)10-12)9-15(20)18(7-2-8-19)13-3-1-4-13/h5-6,10,13,19H,1-4,7-9H2. The van der Waals surface area contributed by atoms with Crippen molar-refractivity contribution in [1.29, 1.82) is 0 Å². The zero-order chi connectivity index (χ0) is 14.5. The van der Waals surface area contributed by atoms with Gasteiger partial charge in [0, 0.05) is 25.3 Å². The van der Waals surface area contributed by atoms with Crippen molar-refractivity contribution in [2.45, 2.75) is 38.1 Å². The number of rotatable bonds is 6. The Bertz CT molecular complexity index is 475. The Balaban J connectivity index is 2.03. The first-order valence-electron chi connectivity index (χ1n) is 6.96. The molecule has 2 rings (SSSR count). The Hall–Kier alpha value is -1.49. The number of benzene rings is 1. The number of aliphatic hydroxyl groups is 1. The molecular weight excluding hydrogens is 264 g/mol. The van der Waals surface area contributed by atoms with Crippen LogP contribution in [-0.2, 0) is 11.2 Å². The van der Waals surface area contributed by atoms with Gasteiger partial charge in [0.2, 0.25) is 5.91 Å². The first-order chi connectivity index (χ1) is 9.61. The van der Waals surface area contributed by atoms with Gasteiger partial charge in [0.15, 0.2) is 0 Å². The summed E-state index contributed by atoms with van der Waals surface area (Å²) < 4.78 is 26.4. The third kappa shape index (κ3) is 3.54. The average Bonchev–Trinajstić information content (AvgIpc) is 2.35. The van der Waals surface area contributed by atoms with Crippen LogP contribution in [0, 0.1) is 11.6 Å². The van der Waals surface area contributed by atoms with Crippen molar-refractivity contribution in [3.05, 3.63) is 35.4 Å². The summed E-state index contributed by atoms with van der Waals surface area (Å²) in [4.78, 5) is 14.0. The fourth-order valence-electron chi connectivity index (χ4n) is 2.38. The van der Waals surface area contributed by atoms with Crippen molar-refractivity contribution < 1.29 is 18.7 Å². The molecule has 5 heteroatoms. The predicted molar refractivity (Wildman–Crippen MR) is 71.1 cm³/mol. The number of carbonyl (C=O) groups is 1. The third-order valence-electron chi connectivity index (χ3n) is 3.75. The van der Waals surface area contributed by atoms with Crippen molar-refractivity contribution in [3.8, 4) is 0 Å². The molecule has 1 aliphatic carbocycles. The molecular formula is C15H19F2NO2. The van der Waals surface area contributed by atoms with E-state index in [-0.39, 0.29) is 30.5 Å². The Labute approximate surface area is 117 Å². The van der Waals surface area contributed by atoms with E-state index in [0.29, 0.717) is 13.0 Å². The predicted octanol–water partition coefficient (Wildman–Crippen LogP) is 2.27. The quantitative estimate of drug-likeness (QED) is 0.870. The lowest BCUT2D eigenvalue weighted by Crippen LogP contribution is -2.45. The highest BCUT2D eigenvalue weighted by molar-refractivity contribution is 5.79. The van der Waals surface area contributed by atoms with Crippen molar-refractivity contribution in [3.63, 3.8) is 0 Å². The second-order valence-corrected chi connectivity index (χ2v) is 5.16. The van der Waals surface area contributed by atoms with E-state index < -0.39 is 11.6 Å². The molecule has 1 amide bonds. The summed E-state index contributed by atoms with van der Waals surface area (Å²) in [5.41, 5.74) is 0.213. The van der Waals surface area contributed by atoms with E-state index in [1.807, 2.05) is 0 Å². The van der Waals surface area contributed by atoms with Crippen molar-refractivity contribution in [2.75, 3.05) is 13.2 Å². The van der Waals surface area contributed by atoms with Crippen molar-refractivity contribution >= 4 is 5.91 Å². The van der Waals surface area contributed by atoms with Gasteiger partial charge < -0.3 is 10.0 Å². The van der Waals surface area contributed by atoms with Gasteiger partial charge in [-0.25, -0.2) is 8.78 Å². The minimum Gasteiger partial charge on any atom is -0.396 e. The summed E-state index contributed by atoms with van der Waals surface area (Å²) in [5.74, 6) is -1.49. The van der Waals surface area contributed by atoms with Crippen LogP contribution in [0.5, 0.6) is 0 Å². The molecule has 0 unspecified atom stereocenters. The molecule has 1 aromatic carbocycles. The van der Waals surface area contributed by atoms with Crippen LogP contribution in [0.2, 0.25) is 0 Å². The van der Waals surface area contributed by atoms with Gasteiger partial charge in [-0.15, -0.1) is 0 Å². The van der Waals surface area contributed by atoms with Gasteiger partial charge >= 0.3 is 0 Å². The summed E-state index contributed by atoms with van der Waals surface area (Å²) in [6, 6.07) is 3.47. The van der Waals surface area contributed by atoms with E-state index in [1.54, 1.807) is 4.90 Å². The molecule has 1 fully saturated rings. The maximum Gasteiger partial charge on any atom is 0.227 e. The molecule has 110 valence electrons. The highest BCUT2D eigenvalue weighted by Gasteiger charge is 2.28. The minimum atomic E-state index is -0.686. The monoisotopic (exact) mass is 283 g/mol. The molecule has 0 aromatic heterocycles. The lowest BCUT2D eigenvalue weighted by molar-refractivity contribution is -0.134. The first-order valence-corrected chi connectivity index (χ1v) is 6.96. The molecule has 0 saturated heterocycles. The number of hydrogen-bond acceptors (Lipinski definition) is 2. The summed E-state index contributed by atoms with van der Waals surface area (Å²) >= 11 is 0. The van der Waals surface area contributed by atoms with Crippen LogP contribution in [0.25, 0.3) is 0 Å². The van der Waals surface area contributed by atoms with Gasteiger partial charge in [0.05, 0.1) is 6.42 Å². The van der Waals surface area contributed by atoms with E-state index in [1.165, 1.54) is 6.07 Å². The second-order valence-electron chi connectivity index (χ2n) is 5.16. The Morgan fingerprint density at radius 1 is 1.35 bits per heavy atom. The fourth-order valence-corrected chi connectivity index (χ4v) is 2.38. The van der Waals surface area contributed by atoms with Crippen LogP contribution in [0.15, 0.2) is 18.2 Å². The van der Waals surface area contributed by atoms with E-state index in [2.05, 4.69) is 0 Å². The van der Waals surface area contributed by atoms with Gasteiger partial charge in [0.25, 0.3) is 0 Å². The second kappa shape index (κ2) is 6.79.